The van der Waals surface area contributed by atoms with Crippen LogP contribution in [-0.4, -0.2) is 16.2 Å². The van der Waals surface area contributed by atoms with Gasteiger partial charge in [-0.2, -0.15) is 4.98 Å². The van der Waals surface area contributed by atoms with Crippen molar-refractivity contribution in [3.05, 3.63) is 41.5 Å². The van der Waals surface area contributed by atoms with E-state index < -0.39 is 0 Å². The maximum atomic E-state index is 5.70. The number of aromatic nitrogens is 2. The van der Waals surface area contributed by atoms with Crippen LogP contribution in [0.5, 0.6) is 5.75 Å². The standard InChI is InChI=1S/C15H19N3O2/c1-2-15-17-14(18-20-15)10-19-13-5-3-4-11(8-13)9-16-12-6-7-12/h3-5,8,12,16H,2,6-7,9-10H2,1H3. The molecular weight excluding hydrogens is 254 g/mol. The average Bonchev–Trinajstić information content (AvgIpc) is 3.20. The van der Waals surface area contributed by atoms with Crippen LogP contribution < -0.4 is 10.1 Å². The summed E-state index contributed by atoms with van der Waals surface area (Å²) in [4.78, 5) is 4.22. The van der Waals surface area contributed by atoms with E-state index in [1.807, 2.05) is 19.1 Å². The number of hydrogen-bond donors (Lipinski definition) is 1. The second-order valence-corrected chi connectivity index (χ2v) is 5.05. The minimum atomic E-state index is 0.336. The van der Waals surface area contributed by atoms with Gasteiger partial charge in [0, 0.05) is 19.0 Å². The van der Waals surface area contributed by atoms with Gasteiger partial charge in [-0.05, 0) is 30.5 Å². The molecule has 0 amide bonds. The molecule has 0 aliphatic heterocycles. The Morgan fingerprint density at radius 3 is 3.05 bits per heavy atom. The van der Waals surface area contributed by atoms with Crippen LogP contribution in [0.4, 0.5) is 0 Å². The van der Waals surface area contributed by atoms with E-state index in [1.54, 1.807) is 0 Å². The normalized spacial score (nSPS) is 14.4. The molecule has 1 saturated carbocycles. The van der Waals surface area contributed by atoms with E-state index in [9.17, 15) is 0 Å². The molecule has 106 valence electrons. The van der Waals surface area contributed by atoms with Gasteiger partial charge in [0.2, 0.25) is 11.7 Å². The summed E-state index contributed by atoms with van der Waals surface area (Å²) in [5.41, 5.74) is 1.23. The Kier molecular flexibility index (Phi) is 3.97. The van der Waals surface area contributed by atoms with Crippen molar-refractivity contribution >= 4 is 0 Å². The number of hydrogen-bond acceptors (Lipinski definition) is 5. The fourth-order valence-corrected chi connectivity index (χ4v) is 1.94. The molecule has 0 saturated heterocycles. The highest BCUT2D eigenvalue weighted by Gasteiger charge is 2.19. The van der Waals surface area contributed by atoms with Gasteiger partial charge >= 0.3 is 0 Å². The van der Waals surface area contributed by atoms with Gasteiger partial charge in [-0.15, -0.1) is 0 Å². The molecule has 5 heteroatoms. The lowest BCUT2D eigenvalue weighted by Gasteiger charge is -2.07. The maximum absolute atomic E-state index is 5.70. The minimum absolute atomic E-state index is 0.336. The zero-order valence-corrected chi connectivity index (χ0v) is 11.6. The molecule has 2 aromatic rings. The molecular formula is C15H19N3O2. The van der Waals surface area contributed by atoms with E-state index in [2.05, 4.69) is 27.6 Å². The first-order valence-electron chi connectivity index (χ1n) is 7.10. The first kappa shape index (κ1) is 13.1. The molecule has 20 heavy (non-hydrogen) atoms. The van der Waals surface area contributed by atoms with Crippen molar-refractivity contribution in [1.29, 1.82) is 0 Å². The van der Waals surface area contributed by atoms with Crippen LogP contribution in [0, 0.1) is 0 Å². The largest absolute Gasteiger partial charge is 0.485 e. The third kappa shape index (κ3) is 3.57. The first-order valence-corrected chi connectivity index (χ1v) is 7.10. The molecule has 1 N–H and O–H groups in total. The molecule has 3 rings (SSSR count). The number of benzene rings is 1. The van der Waals surface area contributed by atoms with E-state index in [4.69, 9.17) is 9.26 Å². The fourth-order valence-electron chi connectivity index (χ4n) is 1.94. The summed E-state index contributed by atoms with van der Waals surface area (Å²) in [5.74, 6) is 2.07. The van der Waals surface area contributed by atoms with Gasteiger partial charge in [-0.3, -0.25) is 0 Å². The quantitative estimate of drug-likeness (QED) is 0.839. The summed E-state index contributed by atoms with van der Waals surface area (Å²) in [6, 6.07) is 8.82. The lowest BCUT2D eigenvalue weighted by Crippen LogP contribution is -2.15. The van der Waals surface area contributed by atoms with E-state index in [0.29, 0.717) is 24.4 Å². The molecule has 5 nitrogen and oxygen atoms in total. The van der Waals surface area contributed by atoms with Crippen molar-refractivity contribution in [2.24, 2.45) is 0 Å². The molecule has 1 aliphatic carbocycles. The van der Waals surface area contributed by atoms with E-state index in [1.165, 1.54) is 18.4 Å². The Balaban J connectivity index is 1.54. The molecule has 1 aromatic carbocycles. The van der Waals surface area contributed by atoms with Gasteiger partial charge in [0.1, 0.15) is 5.75 Å². The van der Waals surface area contributed by atoms with E-state index in [0.717, 1.165) is 18.7 Å². The smallest absolute Gasteiger partial charge is 0.226 e. The molecule has 1 aromatic heterocycles. The first-order chi connectivity index (χ1) is 9.83. The summed E-state index contributed by atoms with van der Waals surface area (Å²) >= 11 is 0. The average molecular weight is 273 g/mol. The minimum Gasteiger partial charge on any atom is -0.485 e. The highest BCUT2D eigenvalue weighted by Crippen LogP contribution is 2.20. The Hall–Kier alpha value is -1.88. The summed E-state index contributed by atoms with van der Waals surface area (Å²) in [6.07, 6.45) is 3.34. The van der Waals surface area contributed by atoms with Gasteiger partial charge < -0.3 is 14.6 Å². The highest BCUT2D eigenvalue weighted by atomic mass is 16.5. The lowest BCUT2D eigenvalue weighted by molar-refractivity contribution is 0.285. The Labute approximate surface area is 118 Å². The van der Waals surface area contributed by atoms with Crippen molar-refractivity contribution < 1.29 is 9.26 Å². The monoisotopic (exact) mass is 273 g/mol. The molecule has 1 aliphatic rings. The number of rotatable bonds is 7. The summed E-state index contributed by atoms with van der Waals surface area (Å²) in [7, 11) is 0. The number of ether oxygens (including phenoxy) is 1. The van der Waals surface area contributed by atoms with Gasteiger partial charge in [-0.1, -0.05) is 24.2 Å². The molecule has 0 bridgehead atoms. The van der Waals surface area contributed by atoms with Crippen LogP contribution in [0.2, 0.25) is 0 Å². The highest BCUT2D eigenvalue weighted by molar-refractivity contribution is 5.28. The van der Waals surface area contributed by atoms with Gasteiger partial charge in [0.25, 0.3) is 0 Å². The molecule has 1 heterocycles. The van der Waals surface area contributed by atoms with Gasteiger partial charge in [0.05, 0.1) is 0 Å². The number of nitrogens with zero attached hydrogens (tertiary/aromatic N) is 2. The van der Waals surface area contributed by atoms with Crippen LogP contribution >= 0.6 is 0 Å². The van der Waals surface area contributed by atoms with Crippen LogP contribution in [-0.2, 0) is 19.6 Å². The second kappa shape index (κ2) is 6.05. The molecule has 0 atom stereocenters. The molecule has 0 radical (unpaired) electrons. The lowest BCUT2D eigenvalue weighted by atomic mass is 10.2. The van der Waals surface area contributed by atoms with Gasteiger partial charge in [-0.25, -0.2) is 0 Å². The third-order valence-electron chi connectivity index (χ3n) is 3.25. The van der Waals surface area contributed by atoms with Crippen molar-refractivity contribution in [2.75, 3.05) is 0 Å². The van der Waals surface area contributed by atoms with E-state index >= 15 is 0 Å². The predicted octanol–water partition coefficient (Wildman–Crippen LogP) is 2.46. The molecule has 0 unspecified atom stereocenters. The Morgan fingerprint density at radius 2 is 2.30 bits per heavy atom. The van der Waals surface area contributed by atoms with Crippen molar-refractivity contribution in [2.45, 2.75) is 45.4 Å². The summed E-state index contributed by atoms with van der Waals surface area (Å²) in [5, 5.41) is 7.36. The predicted molar refractivity (Wildman–Crippen MR) is 74.3 cm³/mol. The van der Waals surface area contributed by atoms with Gasteiger partial charge in [0.15, 0.2) is 6.61 Å². The molecule has 1 fully saturated rings. The Morgan fingerprint density at radius 1 is 1.40 bits per heavy atom. The summed E-state index contributed by atoms with van der Waals surface area (Å²) < 4.78 is 10.7. The number of aryl methyl sites for hydroxylation is 1. The zero-order chi connectivity index (χ0) is 13.8. The van der Waals surface area contributed by atoms with Crippen LogP contribution in [0.1, 0.15) is 37.0 Å². The Bertz CT molecular complexity index is 564. The second-order valence-electron chi connectivity index (χ2n) is 5.05. The number of nitrogens with one attached hydrogen (secondary N) is 1. The summed E-state index contributed by atoms with van der Waals surface area (Å²) in [6.45, 7) is 3.21. The fraction of sp³-hybridized carbons (Fsp3) is 0.467. The van der Waals surface area contributed by atoms with E-state index in [-0.39, 0.29) is 0 Å². The van der Waals surface area contributed by atoms with Crippen molar-refractivity contribution in [3.63, 3.8) is 0 Å². The van der Waals surface area contributed by atoms with Crippen molar-refractivity contribution in [1.82, 2.24) is 15.5 Å². The topological polar surface area (TPSA) is 60.2 Å². The van der Waals surface area contributed by atoms with Crippen LogP contribution in [0.15, 0.2) is 28.8 Å². The SMILES string of the molecule is CCc1nc(COc2cccc(CNC3CC3)c2)no1. The molecule has 0 spiro atoms. The van der Waals surface area contributed by atoms with Crippen molar-refractivity contribution in [3.8, 4) is 5.75 Å². The maximum Gasteiger partial charge on any atom is 0.226 e. The van der Waals surface area contributed by atoms with Crippen LogP contribution in [0.3, 0.4) is 0 Å². The van der Waals surface area contributed by atoms with Crippen LogP contribution in [0.25, 0.3) is 0 Å². The zero-order valence-electron chi connectivity index (χ0n) is 11.6. The third-order valence-corrected chi connectivity index (χ3v) is 3.25.